The normalized spacial score (nSPS) is 22.0. The van der Waals surface area contributed by atoms with Crippen molar-refractivity contribution in [3.63, 3.8) is 0 Å². The van der Waals surface area contributed by atoms with Gasteiger partial charge in [-0.05, 0) is 40.0 Å². The number of hydrogen-bond acceptors (Lipinski definition) is 4. The molecular formula is C19H28O4. The zero-order valence-electron chi connectivity index (χ0n) is 14.7. The van der Waals surface area contributed by atoms with Crippen LogP contribution in [0.3, 0.4) is 0 Å². The minimum absolute atomic E-state index is 0.00811. The van der Waals surface area contributed by atoms with Crippen molar-refractivity contribution < 1.29 is 19.1 Å². The Hall–Kier alpha value is -1.71. The summed E-state index contributed by atoms with van der Waals surface area (Å²) in [6, 6.07) is 0. The lowest BCUT2D eigenvalue weighted by molar-refractivity contribution is -0.150. The third kappa shape index (κ3) is 6.12. The molecule has 1 aliphatic carbocycles. The minimum Gasteiger partial charge on any atom is -0.469 e. The molecule has 0 spiro atoms. The predicted molar refractivity (Wildman–Crippen MR) is 90.0 cm³/mol. The van der Waals surface area contributed by atoms with Crippen molar-refractivity contribution in [2.75, 3.05) is 7.11 Å². The van der Waals surface area contributed by atoms with E-state index in [1.807, 2.05) is 13.0 Å². The Bertz CT molecular complexity index is 523. The molecule has 0 aliphatic heterocycles. The van der Waals surface area contributed by atoms with E-state index in [0.29, 0.717) is 12.8 Å². The van der Waals surface area contributed by atoms with E-state index in [-0.39, 0.29) is 30.8 Å². The summed E-state index contributed by atoms with van der Waals surface area (Å²) in [5, 5.41) is 0. The molecule has 0 radical (unpaired) electrons. The lowest BCUT2D eigenvalue weighted by atomic mass is 9.68. The highest BCUT2D eigenvalue weighted by Crippen LogP contribution is 2.39. The molecule has 0 N–H and O–H groups in total. The predicted octanol–water partition coefficient (Wildman–Crippen LogP) is 3.94. The van der Waals surface area contributed by atoms with Crippen molar-refractivity contribution in [2.24, 2.45) is 5.41 Å². The molecule has 1 atom stereocenters. The van der Waals surface area contributed by atoms with Gasteiger partial charge >= 0.3 is 5.97 Å². The van der Waals surface area contributed by atoms with Crippen molar-refractivity contribution in [3.8, 4) is 0 Å². The molecule has 1 rings (SSSR count). The maximum Gasteiger partial charge on any atom is 0.306 e. The molecule has 0 amide bonds. The third-order valence-electron chi connectivity index (χ3n) is 4.40. The molecule has 0 aromatic carbocycles. The lowest BCUT2D eigenvalue weighted by Crippen LogP contribution is -2.39. The second-order valence-electron chi connectivity index (χ2n) is 6.75. The Morgan fingerprint density at radius 2 is 1.87 bits per heavy atom. The molecule has 1 saturated carbocycles. The van der Waals surface area contributed by atoms with Crippen LogP contribution in [0, 0.1) is 5.41 Å². The van der Waals surface area contributed by atoms with Crippen molar-refractivity contribution >= 4 is 17.5 Å². The molecule has 4 heteroatoms. The molecule has 0 heterocycles. The first kappa shape index (κ1) is 19.3. The maximum absolute atomic E-state index is 12.4. The highest BCUT2D eigenvalue weighted by atomic mass is 16.5. The number of allylic oxidation sites excluding steroid dienone is 4. The van der Waals surface area contributed by atoms with Crippen LogP contribution >= 0.6 is 0 Å². The van der Waals surface area contributed by atoms with E-state index in [9.17, 15) is 14.4 Å². The van der Waals surface area contributed by atoms with E-state index < -0.39 is 11.4 Å². The summed E-state index contributed by atoms with van der Waals surface area (Å²) in [4.78, 5) is 36.0. The molecule has 1 aliphatic rings. The van der Waals surface area contributed by atoms with Gasteiger partial charge in [0, 0.05) is 24.7 Å². The van der Waals surface area contributed by atoms with Gasteiger partial charge in [-0.3, -0.25) is 14.4 Å². The minimum atomic E-state index is -0.903. The SMILES string of the molecule is COC(=O)CC1(C/C=C(\C)CCC=C(C)C)CC(=O)CCC1=O. The Kier molecular flexibility index (Phi) is 7.40. The zero-order valence-corrected chi connectivity index (χ0v) is 14.7. The second-order valence-corrected chi connectivity index (χ2v) is 6.75. The first-order chi connectivity index (χ1) is 10.8. The van der Waals surface area contributed by atoms with Crippen LogP contribution in [-0.4, -0.2) is 24.6 Å². The smallest absolute Gasteiger partial charge is 0.306 e. The van der Waals surface area contributed by atoms with Gasteiger partial charge in [0.25, 0.3) is 0 Å². The highest BCUT2D eigenvalue weighted by Gasteiger charge is 2.44. The van der Waals surface area contributed by atoms with Crippen molar-refractivity contribution in [2.45, 2.75) is 65.7 Å². The van der Waals surface area contributed by atoms with Crippen LogP contribution < -0.4 is 0 Å². The van der Waals surface area contributed by atoms with E-state index in [0.717, 1.165) is 12.8 Å². The van der Waals surface area contributed by atoms with Gasteiger partial charge in [-0.25, -0.2) is 0 Å². The fourth-order valence-electron chi connectivity index (χ4n) is 2.91. The Labute approximate surface area is 139 Å². The first-order valence-electron chi connectivity index (χ1n) is 8.20. The summed E-state index contributed by atoms with van der Waals surface area (Å²) >= 11 is 0. The fraction of sp³-hybridized carbons (Fsp3) is 0.632. The highest BCUT2D eigenvalue weighted by molar-refractivity contribution is 5.99. The van der Waals surface area contributed by atoms with Gasteiger partial charge in [0.15, 0.2) is 0 Å². The summed E-state index contributed by atoms with van der Waals surface area (Å²) in [6.07, 6.45) is 7.18. The fourth-order valence-corrected chi connectivity index (χ4v) is 2.91. The lowest BCUT2D eigenvalue weighted by Gasteiger charge is -2.33. The quantitative estimate of drug-likeness (QED) is 0.526. The van der Waals surface area contributed by atoms with Gasteiger partial charge in [-0.1, -0.05) is 23.3 Å². The van der Waals surface area contributed by atoms with E-state index in [1.54, 1.807) is 0 Å². The largest absolute Gasteiger partial charge is 0.469 e. The molecule has 1 unspecified atom stereocenters. The van der Waals surface area contributed by atoms with Gasteiger partial charge in [0.1, 0.15) is 11.6 Å². The molecule has 0 aromatic rings. The summed E-state index contributed by atoms with van der Waals surface area (Å²) in [5.74, 6) is -0.358. The number of ketones is 2. The monoisotopic (exact) mass is 320 g/mol. The van der Waals surface area contributed by atoms with E-state index in [1.165, 1.54) is 18.3 Å². The van der Waals surface area contributed by atoms with Gasteiger partial charge in [0.2, 0.25) is 0 Å². The summed E-state index contributed by atoms with van der Waals surface area (Å²) in [6.45, 7) is 6.16. The summed E-state index contributed by atoms with van der Waals surface area (Å²) in [7, 11) is 1.31. The van der Waals surface area contributed by atoms with Crippen LogP contribution in [0.4, 0.5) is 0 Å². The van der Waals surface area contributed by atoms with E-state index >= 15 is 0 Å². The summed E-state index contributed by atoms with van der Waals surface area (Å²) < 4.78 is 4.73. The van der Waals surface area contributed by atoms with Crippen LogP contribution in [0.25, 0.3) is 0 Å². The number of carbonyl (C=O) groups is 3. The average molecular weight is 320 g/mol. The first-order valence-corrected chi connectivity index (χ1v) is 8.20. The third-order valence-corrected chi connectivity index (χ3v) is 4.40. The standard InChI is InChI=1S/C19H28O4/c1-14(2)6-5-7-15(3)10-11-19(13-18(22)23-4)12-16(20)8-9-17(19)21/h6,10H,5,7-9,11-13H2,1-4H3/b15-10+. The molecule has 4 nitrogen and oxygen atoms in total. The Morgan fingerprint density at radius 3 is 2.48 bits per heavy atom. The topological polar surface area (TPSA) is 60.4 Å². The van der Waals surface area contributed by atoms with Gasteiger partial charge in [-0.15, -0.1) is 0 Å². The number of ether oxygens (including phenoxy) is 1. The summed E-state index contributed by atoms with van der Waals surface area (Å²) in [5.41, 5.74) is 1.56. The van der Waals surface area contributed by atoms with Gasteiger partial charge < -0.3 is 4.74 Å². The molecule has 1 fully saturated rings. The van der Waals surface area contributed by atoms with Crippen molar-refractivity contribution in [1.82, 2.24) is 0 Å². The Balaban J connectivity index is 2.84. The van der Waals surface area contributed by atoms with E-state index in [2.05, 4.69) is 19.9 Å². The van der Waals surface area contributed by atoms with Crippen LogP contribution in [0.2, 0.25) is 0 Å². The van der Waals surface area contributed by atoms with Crippen molar-refractivity contribution in [1.29, 1.82) is 0 Å². The molecule has 0 bridgehead atoms. The maximum atomic E-state index is 12.4. The van der Waals surface area contributed by atoms with Crippen LogP contribution in [0.1, 0.15) is 65.7 Å². The Morgan fingerprint density at radius 1 is 1.17 bits per heavy atom. The van der Waals surface area contributed by atoms with Crippen molar-refractivity contribution in [3.05, 3.63) is 23.3 Å². The number of rotatable bonds is 7. The average Bonchev–Trinajstić information content (AvgIpc) is 2.48. The molecule has 128 valence electrons. The molecule has 0 saturated heterocycles. The van der Waals surface area contributed by atoms with E-state index in [4.69, 9.17) is 4.74 Å². The van der Waals surface area contributed by atoms with Crippen LogP contribution in [0.15, 0.2) is 23.3 Å². The van der Waals surface area contributed by atoms with Crippen LogP contribution in [0.5, 0.6) is 0 Å². The second kappa shape index (κ2) is 8.80. The number of hydrogen-bond donors (Lipinski definition) is 0. The van der Waals surface area contributed by atoms with Crippen LogP contribution in [-0.2, 0) is 19.1 Å². The number of esters is 1. The number of Topliss-reactive ketones (excluding diaryl/α,β-unsaturated/α-hetero) is 2. The van der Waals surface area contributed by atoms with Gasteiger partial charge in [0.05, 0.1) is 13.5 Å². The molecular weight excluding hydrogens is 292 g/mol. The van der Waals surface area contributed by atoms with Gasteiger partial charge in [-0.2, -0.15) is 0 Å². The zero-order chi connectivity index (χ0) is 17.5. The number of methoxy groups -OCH3 is 1. The number of carbonyl (C=O) groups excluding carboxylic acids is 3. The molecule has 0 aromatic heterocycles. The molecule has 23 heavy (non-hydrogen) atoms.